The molecule has 0 heterocycles. The Balaban J connectivity index is 2.13. The summed E-state index contributed by atoms with van der Waals surface area (Å²) in [5.74, 6) is -0.283. The number of halogens is 3. The van der Waals surface area contributed by atoms with Gasteiger partial charge in [-0.3, -0.25) is 4.79 Å². The first kappa shape index (κ1) is 17.6. The quantitative estimate of drug-likeness (QED) is 0.791. The average Bonchev–Trinajstić information content (AvgIpc) is 2.50. The Hall–Kier alpha value is -1.74. The fourth-order valence-corrected chi connectivity index (χ4v) is 2.88. The van der Waals surface area contributed by atoms with Gasteiger partial charge in [-0.05, 0) is 30.3 Å². The molecule has 0 bridgehead atoms. The van der Waals surface area contributed by atoms with Crippen molar-refractivity contribution in [2.24, 2.45) is 0 Å². The van der Waals surface area contributed by atoms with Gasteiger partial charge < -0.3 is 10.2 Å². The Morgan fingerprint density at radius 2 is 1.96 bits per heavy atom. The first-order valence-corrected chi connectivity index (χ1v) is 8.12. The van der Waals surface area contributed by atoms with Gasteiger partial charge in [0.05, 0.1) is 33.5 Å². The van der Waals surface area contributed by atoms with E-state index in [2.05, 4.69) is 27.3 Å². The van der Waals surface area contributed by atoms with Crippen molar-refractivity contribution >= 4 is 56.4 Å². The Morgan fingerprint density at radius 3 is 2.57 bits per heavy atom. The largest absolute Gasteiger partial charge is 0.364 e. The number of para-hydroxylation sites is 1. The van der Waals surface area contributed by atoms with Crippen molar-refractivity contribution in [1.82, 2.24) is 0 Å². The molecular formula is C16H12BrCl2N3O. The van der Waals surface area contributed by atoms with Crippen LogP contribution in [-0.4, -0.2) is 19.5 Å². The maximum atomic E-state index is 12.2. The second-order valence-electron chi connectivity index (χ2n) is 4.77. The second-order valence-corrected chi connectivity index (χ2v) is 6.50. The van der Waals surface area contributed by atoms with E-state index in [4.69, 9.17) is 23.2 Å². The zero-order valence-electron chi connectivity index (χ0n) is 12.1. The lowest BCUT2D eigenvalue weighted by Gasteiger charge is -2.20. The zero-order valence-corrected chi connectivity index (χ0v) is 15.2. The Morgan fingerprint density at radius 1 is 1.30 bits per heavy atom. The van der Waals surface area contributed by atoms with Crippen LogP contribution in [0.1, 0.15) is 5.56 Å². The summed E-state index contributed by atoms with van der Waals surface area (Å²) in [4.78, 5) is 13.9. The maximum Gasteiger partial charge on any atom is 0.243 e. The van der Waals surface area contributed by atoms with Gasteiger partial charge in [-0.2, -0.15) is 5.26 Å². The normalized spacial score (nSPS) is 10.0. The van der Waals surface area contributed by atoms with Crippen molar-refractivity contribution in [3.8, 4) is 6.07 Å². The number of hydrogen-bond acceptors (Lipinski definition) is 3. The SMILES string of the molecule is CN(CC(=O)Nc1c(Cl)cccc1Cl)c1ccc(Br)cc1C#N. The Kier molecular flexibility index (Phi) is 5.89. The number of benzene rings is 2. The van der Waals surface area contributed by atoms with Crippen LogP contribution in [0, 0.1) is 11.3 Å². The summed E-state index contributed by atoms with van der Waals surface area (Å²) in [6.07, 6.45) is 0. The van der Waals surface area contributed by atoms with Crippen LogP contribution in [0.4, 0.5) is 11.4 Å². The maximum absolute atomic E-state index is 12.2. The lowest BCUT2D eigenvalue weighted by molar-refractivity contribution is -0.114. The first-order chi connectivity index (χ1) is 10.9. The van der Waals surface area contributed by atoms with Crippen LogP contribution >= 0.6 is 39.1 Å². The molecule has 2 aromatic carbocycles. The van der Waals surface area contributed by atoms with Gasteiger partial charge in [0.15, 0.2) is 0 Å². The Bertz CT molecular complexity index is 769. The number of rotatable bonds is 4. The van der Waals surface area contributed by atoms with Crippen molar-refractivity contribution in [3.63, 3.8) is 0 Å². The van der Waals surface area contributed by atoms with E-state index in [0.717, 1.165) is 4.47 Å². The van der Waals surface area contributed by atoms with Gasteiger partial charge in [0.2, 0.25) is 5.91 Å². The molecule has 0 unspecified atom stereocenters. The molecule has 0 fully saturated rings. The standard InChI is InChI=1S/C16H12BrCl2N3O/c1-22(14-6-5-11(17)7-10(14)8-20)9-15(23)21-16-12(18)3-2-4-13(16)19/h2-7H,9H2,1H3,(H,21,23). The molecule has 23 heavy (non-hydrogen) atoms. The topological polar surface area (TPSA) is 56.1 Å². The summed E-state index contributed by atoms with van der Waals surface area (Å²) in [7, 11) is 1.73. The van der Waals surface area contributed by atoms with Gasteiger partial charge in [0, 0.05) is 11.5 Å². The summed E-state index contributed by atoms with van der Waals surface area (Å²) < 4.78 is 0.804. The highest BCUT2D eigenvalue weighted by atomic mass is 79.9. The molecule has 118 valence electrons. The van der Waals surface area contributed by atoms with Gasteiger partial charge in [-0.1, -0.05) is 45.2 Å². The molecule has 0 aliphatic carbocycles. The smallest absolute Gasteiger partial charge is 0.243 e. The zero-order chi connectivity index (χ0) is 17.0. The molecule has 0 aromatic heterocycles. The highest BCUT2D eigenvalue weighted by Crippen LogP contribution is 2.30. The minimum atomic E-state index is -0.283. The van der Waals surface area contributed by atoms with E-state index in [1.807, 2.05) is 6.07 Å². The summed E-state index contributed by atoms with van der Waals surface area (Å²) in [6, 6.07) is 12.4. The molecule has 0 spiro atoms. The number of carbonyl (C=O) groups excluding carboxylic acids is 1. The fraction of sp³-hybridized carbons (Fsp3) is 0.125. The lowest BCUT2D eigenvalue weighted by atomic mass is 10.2. The number of nitrogens with zero attached hydrogens (tertiary/aromatic N) is 2. The monoisotopic (exact) mass is 411 g/mol. The minimum absolute atomic E-state index is 0.0534. The molecular weight excluding hydrogens is 401 g/mol. The third-order valence-corrected chi connectivity index (χ3v) is 4.22. The van der Waals surface area contributed by atoms with E-state index in [1.54, 1.807) is 42.3 Å². The molecule has 0 saturated heterocycles. The summed E-state index contributed by atoms with van der Waals surface area (Å²) >= 11 is 15.4. The minimum Gasteiger partial charge on any atom is -0.364 e. The van der Waals surface area contributed by atoms with Crippen LogP contribution in [-0.2, 0) is 4.79 Å². The summed E-state index contributed by atoms with van der Waals surface area (Å²) in [6.45, 7) is 0.0534. The van der Waals surface area contributed by atoms with E-state index in [-0.39, 0.29) is 12.5 Å². The van der Waals surface area contributed by atoms with Gasteiger partial charge >= 0.3 is 0 Å². The average molecular weight is 413 g/mol. The molecule has 2 aromatic rings. The molecule has 0 aliphatic rings. The summed E-state index contributed by atoms with van der Waals surface area (Å²) in [5.41, 5.74) is 1.52. The van der Waals surface area contributed by atoms with Crippen LogP contribution < -0.4 is 10.2 Å². The third kappa shape index (κ3) is 4.38. The van der Waals surface area contributed by atoms with E-state index in [0.29, 0.717) is 27.0 Å². The first-order valence-electron chi connectivity index (χ1n) is 6.57. The van der Waals surface area contributed by atoms with Crippen molar-refractivity contribution < 1.29 is 4.79 Å². The van der Waals surface area contributed by atoms with Crippen molar-refractivity contribution in [1.29, 1.82) is 5.26 Å². The molecule has 2 rings (SSSR count). The predicted octanol–water partition coefficient (Wildman–Crippen LogP) is 4.70. The fourth-order valence-electron chi connectivity index (χ4n) is 2.03. The molecule has 1 amide bonds. The second kappa shape index (κ2) is 7.69. The van der Waals surface area contributed by atoms with Gasteiger partial charge in [0.1, 0.15) is 6.07 Å². The van der Waals surface area contributed by atoms with Crippen molar-refractivity contribution in [2.45, 2.75) is 0 Å². The Labute approximate surface area is 152 Å². The summed E-state index contributed by atoms with van der Waals surface area (Å²) in [5, 5.41) is 12.6. The van der Waals surface area contributed by atoms with Crippen LogP contribution in [0.15, 0.2) is 40.9 Å². The van der Waals surface area contributed by atoms with Crippen molar-refractivity contribution in [3.05, 3.63) is 56.5 Å². The van der Waals surface area contributed by atoms with Crippen LogP contribution in [0.25, 0.3) is 0 Å². The predicted molar refractivity (Wildman–Crippen MR) is 97.2 cm³/mol. The van der Waals surface area contributed by atoms with Gasteiger partial charge in [-0.15, -0.1) is 0 Å². The van der Waals surface area contributed by atoms with Crippen LogP contribution in [0.5, 0.6) is 0 Å². The highest BCUT2D eigenvalue weighted by Gasteiger charge is 2.14. The van der Waals surface area contributed by atoms with E-state index >= 15 is 0 Å². The van der Waals surface area contributed by atoms with E-state index < -0.39 is 0 Å². The van der Waals surface area contributed by atoms with E-state index in [1.165, 1.54) is 0 Å². The number of nitrogens with one attached hydrogen (secondary N) is 1. The molecule has 0 atom stereocenters. The molecule has 0 saturated carbocycles. The van der Waals surface area contributed by atoms with Crippen molar-refractivity contribution in [2.75, 3.05) is 23.8 Å². The number of nitriles is 1. The van der Waals surface area contributed by atoms with Gasteiger partial charge in [-0.25, -0.2) is 0 Å². The van der Waals surface area contributed by atoms with Crippen LogP contribution in [0.2, 0.25) is 10.0 Å². The third-order valence-electron chi connectivity index (χ3n) is 3.10. The molecule has 1 N–H and O–H groups in total. The number of likely N-dealkylation sites (N-methyl/N-ethyl adjacent to an activating group) is 1. The number of hydrogen-bond donors (Lipinski definition) is 1. The highest BCUT2D eigenvalue weighted by molar-refractivity contribution is 9.10. The van der Waals surface area contributed by atoms with Gasteiger partial charge in [0.25, 0.3) is 0 Å². The van der Waals surface area contributed by atoms with E-state index in [9.17, 15) is 10.1 Å². The molecule has 0 radical (unpaired) electrons. The molecule has 4 nitrogen and oxygen atoms in total. The number of amides is 1. The lowest BCUT2D eigenvalue weighted by Crippen LogP contribution is -2.30. The van der Waals surface area contributed by atoms with Crippen LogP contribution in [0.3, 0.4) is 0 Å². The molecule has 0 aliphatic heterocycles. The molecule has 7 heteroatoms. The number of anilines is 2. The number of carbonyl (C=O) groups is 1.